The van der Waals surface area contributed by atoms with Gasteiger partial charge in [-0.3, -0.25) is 9.59 Å². The average molecular weight is 222 g/mol. The summed E-state index contributed by atoms with van der Waals surface area (Å²) in [5, 5.41) is 5.90. The van der Waals surface area contributed by atoms with Crippen molar-refractivity contribution >= 4 is 19.6 Å². The number of hydrogen-bond acceptors (Lipinski definition) is 2. The van der Waals surface area contributed by atoms with Crippen molar-refractivity contribution in [2.45, 2.75) is 25.7 Å². The Morgan fingerprint density at radius 3 is 2.50 bits per heavy atom. The van der Waals surface area contributed by atoms with Crippen LogP contribution < -0.4 is 5.32 Å². The van der Waals surface area contributed by atoms with Crippen LogP contribution in [0.3, 0.4) is 0 Å². The van der Waals surface area contributed by atoms with Crippen LogP contribution in [0.15, 0.2) is 5.11 Å². The first-order valence-corrected chi connectivity index (χ1v) is 5.47. The average Bonchev–Trinajstić information content (AvgIpc) is 2.27. The van der Waals surface area contributed by atoms with Gasteiger partial charge in [0.15, 0.2) is 5.81 Å². The number of nitrogens with zero attached hydrogens (tertiary/aromatic N) is 3. The van der Waals surface area contributed by atoms with Gasteiger partial charge in [-0.05, 0) is 42.2 Å². The van der Waals surface area contributed by atoms with Crippen molar-refractivity contribution in [3.8, 4) is 0 Å². The van der Waals surface area contributed by atoms with Crippen LogP contribution in [0.2, 0.25) is 0 Å². The lowest BCUT2D eigenvalue weighted by atomic mass is 9.81. The summed E-state index contributed by atoms with van der Waals surface area (Å²) in [5.74, 6) is -0.0451. The number of amides is 2. The van der Waals surface area contributed by atoms with Gasteiger partial charge in [0, 0.05) is 17.4 Å². The Balaban J connectivity index is 2.31. The summed E-state index contributed by atoms with van der Waals surface area (Å²) < 4.78 is 0. The highest BCUT2D eigenvalue weighted by Crippen LogP contribution is 2.29. The highest BCUT2D eigenvalue weighted by atomic mass is 16.2. The monoisotopic (exact) mass is 222 g/mol. The lowest BCUT2D eigenvalue weighted by Crippen LogP contribution is -2.31. The number of hydrogen-bond donors (Lipinski definition) is 1. The fraction of sp³-hybridized carbons (Fsp3) is 0.778. The van der Waals surface area contributed by atoms with Gasteiger partial charge in [0.1, 0.15) is 0 Å². The third kappa shape index (κ3) is 3.94. The van der Waals surface area contributed by atoms with Gasteiger partial charge in [-0.2, -0.15) is 0 Å². The number of carbonyl (C=O) groups excluding carboxylic acids is 2. The molecule has 0 aromatic carbocycles. The van der Waals surface area contributed by atoms with Crippen LogP contribution in [-0.2, 0) is 4.79 Å². The van der Waals surface area contributed by atoms with E-state index >= 15 is 0 Å². The zero-order valence-electron chi connectivity index (χ0n) is 9.35. The van der Waals surface area contributed by atoms with E-state index in [9.17, 15) is 9.59 Å². The van der Waals surface area contributed by atoms with Crippen LogP contribution in [0.5, 0.6) is 0 Å². The Morgan fingerprint density at radius 2 is 2.00 bits per heavy atom. The number of carbonyl (C=O) groups is 2. The van der Waals surface area contributed by atoms with Crippen molar-refractivity contribution in [1.82, 2.24) is 5.32 Å². The summed E-state index contributed by atoms with van der Waals surface area (Å²) in [5.41, 5.74) is 8.15. The molecule has 0 radical (unpaired) electrons. The van der Waals surface area contributed by atoms with E-state index in [4.69, 9.17) is 5.53 Å². The summed E-state index contributed by atoms with van der Waals surface area (Å²) >= 11 is 0. The van der Waals surface area contributed by atoms with Crippen LogP contribution in [0.1, 0.15) is 25.7 Å². The van der Waals surface area contributed by atoms with Crippen molar-refractivity contribution in [2.75, 3.05) is 6.54 Å². The van der Waals surface area contributed by atoms with Gasteiger partial charge in [0.2, 0.25) is 13.8 Å². The SMILES string of the molecule is BC(=O)NCC1CCC(C(=O)N=[N+]=[N-])CC1. The second kappa shape index (κ2) is 6.17. The molecule has 0 atom stereocenters. The fourth-order valence-electron chi connectivity index (χ4n) is 2.03. The van der Waals surface area contributed by atoms with Gasteiger partial charge in [0.05, 0.1) is 0 Å². The summed E-state index contributed by atoms with van der Waals surface area (Å²) in [6.07, 6.45) is 3.31. The lowest BCUT2D eigenvalue weighted by molar-refractivity contribution is -0.122. The third-order valence-corrected chi connectivity index (χ3v) is 2.98. The maximum Gasteiger partial charge on any atom is 0.222 e. The van der Waals surface area contributed by atoms with Crippen molar-refractivity contribution in [3.05, 3.63) is 10.4 Å². The second-order valence-corrected chi connectivity index (χ2v) is 4.18. The van der Waals surface area contributed by atoms with Crippen LogP contribution in [0.25, 0.3) is 10.4 Å². The van der Waals surface area contributed by atoms with E-state index in [-0.39, 0.29) is 17.6 Å². The lowest BCUT2D eigenvalue weighted by Gasteiger charge is -2.26. The van der Waals surface area contributed by atoms with Gasteiger partial charge < -0.3 is 5.32 Å². The van der Waals surface area contributed by atoms with Crippen LogP contribution in [0.4, 0.5) is 4.79 Å². The minimum absolute atomic E-state index is 0.0210. The molecule has 0 spiro atoms. The molecule has 0 saturated heterocycles. The van der Waals surface area contributed by atoms with Crippen LogP contribution >= 0.6 is 0 Å². The van der Waals surface area contributed by atoms with Gasteiger partial charge in [-0.1, -0.05) is 0 Å². The molecular formula is C9H15BN4O2. The number of azide groups is 1. The molecule has 0 bridgehead atoms. The van der Waals surface area contributed by atoms with E-state index in [0.29, 0.717) is 12.5 Å². The van der Waals surface area contributed by atoms with Crippen molar-refractivity contribution < 1.29 is 9.59 Å². The summed E-state index contributed by atoms with van der Waals surface area (Å²) in [4.78, 5) is 24.5. The van der Waals surface area contributed by atoms with E-state index in [0.717, 1.165) is 25.7 Å². The Kier molecular flexibility index (Phi) is 4.86. The van der Waals surface area contributed by atoms with Gasteiger partial charge in [-0.15, -0.1) is 0 Å². The first-order valence-electron chi connectivity index (χ1n) is 5.47. The van der Waals surface area contributed by atoms with E-state index < -0.39 is 0 Å². The Hall–Kier alpha value is -1.49. The highest BCUT2D eigenvalue weighted by molar-refractivity contribution is 6.57. The first kappa shape index (κ1) is 12.6. The molecule has 1 saturated carbocycles. The smallest absolute Gasteiger partial charge is 0.222 e. The molecule has 0 aliphatic heterocycles. The molecule has 1 aliphatic rings. The molecule has 86 valence electrons. The third-order valence-electron chi connectivity index (χ3n) is 2.98. The Bertz CT molecular complexity index is 319. The zero-order chi connectivity index (χ0) is 12.0. The molecule has 7 heteroatoms. The van der Waals surface area contributed by atoms with Crippen LogP contribution in [0, 0.1) is 11.8 Å². The van der Waals surface area contributed by atoms with Gasteiger partial charge in [0.25, 0.3) is 0 Å². The number of rotatable bonds is 3. The molecule has 1 aliphatic carbocycles. The fourth-order valence-corrected chi connectivity index (χ4v) is 2.03. The highest BCUT2D eigenvalue weighted by Gasteiger charge is 2.25. The predicted octanol–water partition coefficient (Wildman–Crippen LogP) is 0.972. The minimum Gasteiger partial charge on any atom is -0.365 e. The largest absolute Gasteiger partial charge is 0.365 e. The summed E-state index contributed by atoms with van der Waals surface area (Å²) in [7, 11) is 1.50. The maximum absolute atomic E-state index is 11.3. The first-order chi connectivity index (χ1) is 7.63. The summed E-state index contributed by atoms with van der Waals surface area (Å²) in [6.45, 7) is 0.678. The predicted molar refractivity (Wildman–Crippen MR) is 61.5 cm³/mol. The number of nitrogens with one attached hydrogen (secondary N) is 1. The molecule has 1 fully saturated rings. The minimum atomic E-state index is -0.347. The molecule has 2 amide bonds. The molecule has 0 aromatic heterocycles. The molecule has 0 heterocycles. The Morgan fingerprint density at radius 1 is 1.38 bits per heavy atom. The second-order valence-electron chi connectivity index (χ2n) is 4.18. The standard InChI is InChI=1S/C9H15BN4O2/c10-9(16)12-5-6-1-3-7(4-2-6)8(15)13-14-11/h6-7H,1-5,10H2,(H,12,16). The summed E-state index contributed by atoms with van der Waals surface area (Å²) in [6, 6.07) is 0. The molecule has 1 rings (SSSR count). The van der Waals surface area contributed by atoms with E-state index in [1.807, 2.05) is 0 Å². The molecular weight excluding hydrogens is 207 g/mol. The topological polar surface area (TPSA) is 94.9 Å². The molecule has 16 heavy (non-hydrogen) atoms. The van der Waals surface area contributed by atoms with E-state index in [1.165, 1.54) is 7.85 Å². The van der Waals surface area contributed by atoms with Gasteiger partial charge >= 0.3 is 0 Å². The molecule has 1 N–H and O–H groups in total. The molecule has 0 unspecified atom stereocenters. The molecule has 0 aromatic rings. The Labute approximate surface area is 94.8 Å². The van der Waals surface area contributed by atoms with Crippen molar-refractivity contribution in [2.24, 2.45) is 17.0 Å². The maximum atomic E-state index is 11.3. The normalized spacial score (nSPS) is 24.2. The molecule has 6 nitrogen and oxygen atoms in total. The van der Waals surface area contributed by atoms with E-state index in [1.54, 1.807) is 0 Å². The van der Waals surface area contributed by atoms with Crippen molar-refractivity contribution in [1.29, 1.82) is 0 Å². The van der Waals surface area contributed by atoms with Crippen LogP contribution in [-0.4, -0.2) is 26.1 Å². The van der Waals surface area contributed by atoms with Crippen molar-refractivity contribution in [3.63, 3.8) is 0 Å². The van der Waals surface area contributed by atoms with Gasteiger partial charge in [-0.25, -0.2) is 0 Å². The zero-order valence-corrected chi connectivity index (χ0v) is 9.35. The quantitative estimate of drug-likeness (QED) is 0.333. The van der Waals surface area contributed by atoms with E-state index in [2.05, 4.69) is 15.3 Å².